The van der Waals surface area contributed by atoms with Gasteiger partial charge in [0.05, 0.1) is 25.4 Å². The van der Waals surface area contributed by atoms with Gasteiger partial charge in [0.15, 0.2) is 11.5 Å². The van der Waals surface area contributed by atoms with E-state index in [-0.39, 0.29) is 16.5 Å². The molecule has 1 aliphatic heterocycles. The molecule has 0 amide bonds. The van der Waals surface area contributed by atoms with Gasteiger partial charge in [-0.15, -0.1) is 35.9 Å². The first-order valence-corrected chi connectivity index (χ1v) is 11.9. The van der Waals surface area contributed by atoms with Crippen molar-refractivity contribution in [3.8, 4) is 17.2 Å². The number of hydrogen-bond acceptors (Lipinski definition) is 6. The molecule has 1 heterocycles. The average molecular weight is 470 g/mol. The van der Waals surface area contributed by atoms with Crippen molar-refractivity contribution >= 4 is 41.6 Å². The Labute approximate surface area is 195 Å². The van der Waals surface area contributed by atoms with Crippen molar-refractivity contribution in [2.24, 2.45) is 0 Å². The number of methoxy groups -OCH3 is 3. The summed E-state index contributed by atoms with van der Waals surface area (Å²) in [6.45, 7) is 0.995. The summed E-state index contributed by atoms with van der Waals surface area (Å²) in [7, 11) is 7.21. The molecule has 0 unspecified atom stereocenters. The molecule has 0 saturated carbocycles. The van der Waals surface area contributed by atoms with Gasteiger partial charge in [-0.25, -0.2) is 0 Å². The van der Waals surface area contributed by atoms with Crippen LogP contribution < -0.4 is 19.1 Å². The van der Waals surface area contributed by atoms with E-state index in [4.69, 9.17) is 14.2 Å². The highest BCUT2D eigenvalue weighted by Crippen LogP contribution is 2.53. The van der Waals surface area contributed by atoms with E-state index in [1.807, 2.05) is 12.1 Å². The van der Waals surface area contributed by atoms with Crippen molar-refractivity contribution in [3.05, 3.63) is 48.0 Å². The molecule has 4 nitrogen and oxygen atoms in total. The summed E-state index contributed by atoms with van der Waals surface area (Å²) in [4.78, 5) is 2.29. The first-order chi connectivity index (χ1) is 14.1. The van der Waals surface area contributed by atoms with E-state index in [0.29, 0.717) is 0 Å². The number of thioether (sulfide) groups is 2. The van der Waals surface area contributed by atoms with E-state index >= 15 is 0 Å². The van der Waals surface area contributed by atoms with Crippen molar-refractivity contribution < 1.29 is 14.2 Å². The SMILES string of the molecule is COc1ccc(C2(CCCN(C)c3ccc(OC)c(OC)c3)SCCCS2)cc1.Cl. The zero-order valence-corrected chi connectivity index (χ0v) is 20.6. The molecular formula is C23H32ClNO3S2. The normalized spacial score (nSPS) is 15.1. The molecule has 7 heteroatoms. The van der Waals surface area contributed by atoms with E-state index in [2.05, 4.69) is 65.8 Å². The minimum atomic E-state index is 0. The van der Waals surface area contributed by atoms with Crippen LogP contribution in [0.4, 0.5) is 5.69 Å². The number of benzene rings is 2. The van der Waals surface area contributed by atoms with Crippen molar-refractivity contribution in [2.75, 3.05) is 51.3 Å². The largest absolute Gasteiger partial charge is 0.497 e. The molecule has 3 rings (SSSR count). The maximum absolute atomic E-state index is 5.45. The molecule has 0 aromatic heterocycles. The molecule has 0 bridgehead atoms. The van der Waals surface area contributed by atoms with Crippen LogP contribution in [0.5, 0.6) is 17.2 Å². The molecule has 0 N–H and O–H groups in total. The van der Waals surface area contributed by atoms with Crippen molar-refractivity contribution in [3.63, 3.8) is 0 Å². The van der Waals surface area contributed by atoms with E-state index in [0.717, 1.165) is 42.3 Å². The van der Waals surface area contributed by atoms with E-state index in [9.17, 15) is 0 Å². The van der Waals surface area contributed by atoms with Gasteiger partial charge in [0, 0.05) is 25.3 Å². The second-order valence-corrected chi connectivity index (χ2v) is 10.1. The second kappa shape index (κ2) is 11.9. The first-order valence-electron chi connectivity index (χ1n) is 9.97. The lowest BCUT2D eigenvalue weighted by atomic mass is 10.1. The highest BCUT2D eigenvalue weighted by Gasteiger charge is 2.35. The number of hydrogen-bond donors (Lipinski definition) is 0. The predicted octanol–water partition coefficient (Wildman–Crippen LogP) is 6.07. The summed E-state index contributed by atoms with van der Waals surface area (Å²) in [6.07, 6.45) is 3.56. The zero-order valence-electron chi connectivity index (χ0n) is 18.2. The van der Waals surface area contributed by atoms with Gasteiger partial charge in [-0.2, -0.15) is 0 Å². The van der Waals surface area contributed by atoms with Gasteiger partial charge in [-0.3, -0.25) is 0 Å². The summed E-state index contributed by atoms with van der Waals surface area (Å²) in [5, 5.41) is 0. The molecule has 0 radical (unpaired) electrons. The predicted molar refractivity (Wildman–Crippen MR) is 134 cm³/mol. The molecule has 0 spiro atoms. The summed E-state index contributed by atoms with van der Waals surface area (Å²) < 4.78 is 16.3. The van der Waals surface area contributed by atoms with Crippen LogP contribution >= 0.6 is 35.9 Å². The summed E-state index contributed by atoms with van der Waals surface area (Å²) in [6, 6.07) is 14.7. The quantitative estimate of drug-likeness (QED) is 0.442. The molecule has 1 saturated heterocycles. The minimum Gasteiger partial charge on any atom is -0.497 e. The van der Waals surface area contributed by atoms with E-state index in [1.54, 1.807) is 21.3 Å². The lowest BCUT2D eigenvalue weighted by Gasteiger charge is -2.37. The number of ether oxygens (including phenoxy) is 3. The third-order valence-electron chi connectivity index (χ3n) is 5.30. The van der Waals surface area contributed by atoms with Gasteiger partial charge in [0.1, 0.15) is 5.75 Å². The van der Waals surface area contributed by atoms with Crippen LogP contribution in [0.2, 0.25) is 0 Å². The van der Waals surface area contributed by atoms with Crippen LogP contribution in [0, 0.1) is 0 Å². The Kier molecular flexibility index (Phi) is 9.85. The Hall–Kier alpha value is -1.37. The monoisotopic (exact) mass is 469 g/mol. The third kappa shape index (κ3) is 5.86. The van der Waals surface area contributed by atoms with Gasteiger partial charge in [0.2, 0.25) is 0 Å². The van der Waals surface area contributed by atoms with Crippen LogP contribution in [-0.2, 0) is 4.08 Å². The minimum absolute atomic E-state index is 0. The van der Waals surface area contributed by atoms with Crippen LogP contribution in [0.15, 0.2) is 42.5 Å². The molecule has 30 heavy (non-hydrogen) atoms. The Morgan fingerprint density at radius 1 is 0.900 bits per heavy atom. The van der Waals surface area contributed by atoms with Crippen molar-refractivity contribution in [1.29, 1.82) is 0 Å². The zero-order chi connectivity index (χ0) is 20.7. The van der Waals surface area contributed by atoms with Gasteiger partial charge < -0.3 is 19.1 Å². The second-order valence-electron chi connectivity index (χ2n) is 7.10. The van der Waals surface area contributed by atoms with E-state index < -0.39 is 0 Å². The number of anilines is 1. The lowest BCUT2D eigenvalue weighted by molar-refractivity contribution is 0.355. The Balaban J connectivity index is 0.00000320. The molecule has 166 valence electrons. The fraction of sp³-hybridized carbons (Fsp3) is 0.478. The van der Waals surface area contributed by atoms with Crippen LogP contribution in [0.1, 0.15) is 24.8 Å². The molecule has 2 aromatic carbocycles. The van der Waals surface area contributed by atoms with Gasteiger partial charge in [-0.05, 0) is 60.6 Å². The number of halogens is 1. The molecule has 1 fully saturated rings. The van der Waals surface area contributed by atoms with Gasteiger partial charge in [0.25, 0.3) is 0 Å². The highest BCUT2D eigenvalue weighted by molar-refractivity contribution is 8.18. The Morgan fingerprint density at radius 3 is 2.17 bits per heavy atom. The molecule has 2 aromatic rings. The molecular weight excluding hydrogens is 438 g/mol. The van der Waals surface area contributed by atoms with Crippen LogP contribution in [-0.4, -0.2) is 46.4 Å². The Morgan fingerprint density at radius 2 is 1.57 bits per heavy atom. The van der Waals surface area contributed by atoms with Gasteiger partial charge >= 0.3 is 0 Å². The molecule has 0 aliphatic carbocycles. The van der Waals surface area contributed by atoms with Crippen molar-refractivity contribution in [2.45, 2.75) is 23.3 Å². The van der Waals surface area contributed by atoms with Crippen LogP contribution in [0.25, 0.3) is 0 Å². The summed E-state index contributed by atoms with van der Waals surface area (Å²) in [5.41, 5.74) is 2.55. The fourth-order valence-corrected chi connectivity index (χ4v) is 7.05. The third-order valence-corrected chi connectivity index (χ3v) is 8.80. The van der Waals surface area contributed by atoms with E-state index in [1.165, 1.54) is 23.5 Å². The average Bonchev–Trinajstić information content (AvgIpc) is 2.79. The maximum Gasteiger partial charge on any atom is 0.162 e. The molecule has 1 aliphatic rings. The Bertz CT molecular complexity index is 783. The summed E-state index contributed by atoms with van der Waals surface area (Å²) in [5.74, 6) is 4.90. The number of rotatable bonds is 9. The van der Waals surface area contributed by atoms with Crippen molar-refractivity contribution in [1.82, 2.24) is 0 Å². The summed E-state index contributed by atoms with van der Waals surface area (Å²) >= 11 is 4.21. The molecule has 0 atom stereocenters. The maximum atomic E-state index is 5.45. The lowest BCUT2D eigenvalue weighted by Crippen LogP contribution is -2.26. The highest BCUT2D eigenvalue weighted by atomic mass is 35.5. The topological polar surface area (TPSA) is 30.9 Å². The standard InChI is InChI=1S/C23H31NO3S2.ClH/c1-24(19-9-12-21(26-3)22(17-19)27-4)14-5-13-23(28-15-6-16-29-23)18-7-10-20(25-2)11-8-18;/h7-12,17H,5-6,13-16H2,1-4H3;1H. The first kappa shape index (κ1) is 24.9. The smallest absolute Gasteiger partial charge is 0.162 e. The van der Waals surface area contributed by atoms with Crippen LogP contribution in [0.3, 0.4) is 0 Å². The number of nitrogens with zero attached hydrogens (tertiary/aromatic N) is 1. The van der Waals surface area contributed by atoms with Gasteiger partial charge in [-0.1, -0.05) is 12.1 Å². The fourth-order valence-electron chi connectivity index (χ4n) is 3.62.